The smallest absolute Gasteiger partial charge is 0.416 e. The van der Waals surface area contributed by atoms with E-state index in [4.69, 9.17) is 15.3 Å². The largest absolute Gasteiger partial charge is 0.461 e. The zero-order valence-corrected chi connectivity index (χ0v) is 20.3. The Labute approximate surface area is 212 Å². The number of anilines is 3. The van der Waals surface area contributed by atoms with Crippen LogP contribution in [0, 0.1) is 6.92 Å². The third kappa shape index (κ3) is 7.54. The van der Waals surface area contributed by atoms with Crippen molar-refractivity contribution in [3.8, 4) is 6.01 Å². The third-order valence-corrected chi connectivity index (χ3v) is 5.53. The lowest BCUT2D eigenvalue weighted by Crippen LogP contribution is -2.37. The number of nitrogens with one attached hydrogen (secondary N) is 1. The van der Waals surface area contributed by atoms with Gasteiger partial charge in [-0.25, -0.2) is 5.84 Å². The molecular weight excluding hydrogens is 487 g/mol. The molecule has 1 aliphatic heterocycles. The molecule has 1 saturated heterocycles. The van der Waals surface area contributed by atoms with Crippen LogP contribution in [-0.2, 0) is 10.9 Å². The summed E-state index contributed by atoms with van der Waals surface area (Å²) in [6, 6.07) is 14.5. The molecule has 4 rings (SSSR count). The van der Waals surface area contributed by atoms with Crippen molar-refractivity contribution in [1.82, 2.24) is 9.97 Å². The Morgan fingerprint density at radius 2 is 1.92 bits per heavy atom. The highest BCUT2D eigenvalue weighted by Crippen LogP contribution is 2.31. The molecule has 1 aliphatic rings. The first-order valence-electron chi connectivity index (χ1n) is 11.7. The number of hydrazone groups is 1. The van der Waals surface area contributed by atoms with Gasteiger partial charge in [-0.05, 0) is 30.7 Å². The Kier molecular flexibility index (Phi) is 8.41. The summed E-state index contributed by atoms with van der Waals surface area (Å²) in [5, 5.41) is 5.46. The van der Waals surface area contributed by atoms with E-state index in [2.05, 4.69) is 20.5 Å². The van der Waals surface area contributed by atoms with E-state index >= 15 is 0 Å². The zero-order chi connectivity index (χ0) is 26.3. The molecule has 37 heavy (non-hydrogen) atoms. The minimum absolute atomic E-state index is 0.0469. The van der Waals surface area contributed by atoms with Gasteiger partial charge in [0.25, 0.3) is 0 Å². The molecule has 0 aliphatic carbocycles. The molecule has 0 bridgehead atoms. The monoisotopic (exact) mass is 515 g/mol. The van der Waals surface area contributed by atoms with Crippen molar-refractivity contribution in [2.45, 2.75) is 13.1 Å². The summed E-state index contributed by atoms with van der Waals surface area (Å²) in [6.45, 7) is 4.64. The molecule has 0 saturated carbocycles. The number of hydrogen-bond acceptors (Lipinski definition) is 9. The summed E-state index contributed by atoms with van der Waals surface area (Å²) in [4.78, 5) is 10.9. The molecule has 0 amide bonds. The van der Waals surface area contributed by atoms with Gasteiger partial charge >= 0.3 is 12.2 Å². The van der Waals surface area contributed by atoms with E-state index in [1.54, 1.807) is 12.3 Å². The van der Waals surface area contributed by atoms with Crippen molar-refractivity contribution in [1.29, 1.82) is 0 Å². The van der Waals surface area contributed by atoms with Crippen molar-refractivity contribution in [3.63, 3.8) is 0 Å². The van der Waals surface area contributed by atoms with E-state index in [0.717, 1.165) is 23.3 Å². The molecule has 0 radical (unpaired) electrons. The number of nitrogens with two attached hydrogens (primary N) is 1. The van der Waals surface area contributed by atoms with Gasteiger partial charge in [0.1, 0.15) is 12.4 Å². The van der Waals surface area contributed by atoms with Crippen LogP contribution in [0.1, 0.15) is 16.7 Å². The standard InChI is InChI=1S/C25H28F3N7O2/c1-18-4-2-5-19(14-18)17-30-33-22-16-23(34-8-11-36-12-9-34)32-24(31-22)37-13-10-35(29)21-7-3-6-20(15-21)25(26,27)28/h2-7,14-17H,8-13,29H2,1H3,(H,31,32,33). The number of nitrogens with zero attached hydrogens (tertiary/aromatic N) is 5. The molecule has 0 atom stereocenters. The maximum atomic E-state index is 13.0. The number of aromatic nitrogens is 2. The van der Waals surface area contributed by atoms with E-state index in [1.165, 1.54) is 17.1 Å². The van der Waals surface area contributed by atoms with Crippen LogP contribution < -0.4 is 25.9 Å². The van der Waals surface area contributed by atoms with Crippen molar-refractivity contribution >= 4 is 23.5 Å². The highest BCUT2D eigenvalue weighted by molar-refractivity contribution is 5.80. The molecule has 3 N–H and O–H groups in total. The minimum Gasteiger partial charge on any atom is -0.461 e. The molecule has 9 nitrogen and oxygen atoms in total. The summed E-state index contributed by atoms with van der Waals surface area (Å²) < 4.78 is 50.2. The summed E-state index contributed by atoms with van der Waals surface area (Å²) in [5.74, 6) is 7.04. The molecule has 1 fully saturated rings. The lowest BCUT2D eigenvalue weighted by atomic mass is 10.2. The lowest BCUT2D eigenvalue weighted by molar-refractivity contribution is -0.137. The second-order valence-electron chi connectivity index (χ2n) is 8.37. The van der Waals surface area contributed by atoms with Gasteiger partial charge in [-0.1, -0.05) is 35.9 Å². The van der Waals surface area contributed by atoms with Gasteiger partial charge in [0.2, 0.25) is 0 Å². The fourth-order valence-corrected chi connectivity index (χ4v) is 3.64. The van der Waals surface area contributed by atoms with Crippen LogP contribution in [0.3, 0.4) is 0 Å². The van der Waals surface area contributed by atoms with E-state index in [1.807, 2.05) is 36.1 Å². The molecule has 0 spiro atoms. The molecular formula is C25H28F3N7O2. The van der Waals surface area contributed by atoms with Crippen LogP contribution >= 0.6 is 0 Å². The number of hydrazine groups is 1. The maximum absolute atomic E-state index is 13.0. The fraction of sp³-hybridized carbons (Fsp3) is 0.320. The van der Waals surface area contributed by atoms with E-state index in [-0.39, 0.29) is 24.8 Å². The number of hydrogen-bond donors (Lipinski definition) is 2. The van der Waals surface area contributed by atoms with Crippen molar-refractivity contribution < 1.29 is 22.6 Å². The van der Waals surface area contributed by atoms with Crippen LogP contribution in [0.5, 0.6) is 6.01 Å². The molecule has 2 aromatic carbocycles. The van der Waals surface area contributed by atoms with Crippen LogP contribution in [0.25, 0.3) is 0 Å². The third-order valence-electron chi connectivity index (χ3n) is 5.53. The fourth-order valence-electron chi connectivity index (χ4n) is 3.64. The number of halogens is 3. The highest BCUT2D eigenvalue weighted by atomic mass is 19.4. The predicted molar refractivity (Wildman–Crippen MR) is 136 cm³/mol. The molecule has 196 valence electrons. The number of benzene rings is 2. The molecule has 0 unspecified atom stereocenters. The number of morpholine rings is 1. The first-order chi connectivity index (χ1) is 17.8. The minimum atomic E-state index is -4.45. The van der Waals surface area contributed by atoms with E-state index in [9.17, 15) is 13.2 Å². The predicted octanol–water partition coefficient (Wildman–Crippen LogP) is 3.85. The summed E-state index contributed by atoms with van der Waals surface area (Å²) in [7, 11) is 0. The van der Waals surface area contributed by atoms with Gasteiger partial charge in [-0.15, -0.1) is 0 Å². The Morgan fingerprint density at radius 1 is 1.14 bits per heavy atom. The second-order valence-corrected chi connectivity index (χ2v) is 8.37. The van der Waals surface area contributed by atoms with E-state index < -0.39 is 11.7 Å². The quantitative estimate of drug-likeness (QED) is 0.252. The number of rotatable bonds is 9. The first kappa shape index (κ1) is 26.2. The van der Waals surface area contributed by atoms with Gasteiger partial charge in [-0.2, -0.15) is 28.2 Å². The van der Waals surface area contributed by atoms with Crippen molar-refractivity contribution in [2.24, 2.45) is 10.9 Å². The van der Waals surface area contributed by atoms with Gasteiger partial charge in [0.15, 0.2) is 5.82 Å². The molecule has 12 heteroatoms. The van der Waals surface area contributed by atoms with Gasteiger partial charge in [0, 0.05) is 19.2 Å². The summed E-state index contributed by atoms with van der Waals surface area (Å²) in [6.07, 6.45) is -2.77. The molecule has 2 heterocycles. The Hall–Kier alpha value is -3.90. The normalized spacial score (nSPS) is 14.1. The molecule has 3 aromatic rings. The Morgan fingerprint density at radius 3 is 2.68 bits per heavy atom. The average Bonchev–Trinajstić information content (AvgIpc) is 2.89. The topological polar surface area (TPSA) is 101 Å². The summed E-state index contributed by atoms with van der Waals surface area (Å²) >= 11 is 0. The Balaban J connectivity index is 1.44. The van der Waals surface area contributed by atoms with Crippen LogP contribution in [-0.4, -0.2) is 55.6 Å². The SMILES string of the molecule is Cc1cccc(C=NNc2cc(N3CCOCC3)nc(OCCN(N)c3cccc(C(F)(F)F)c3)n2)c1. The van der Waals surface area contributed by atoms with Crippen LogP contribution in [0.2, 0.25) is 0 Å². The first-order valence-corrected chi connectivity index (χ1v) is 11.7. The highest BCUT2D eigenvalue weighted by Gasteiger charge is 2.30. The van der Waals surface area contributed by atoms with Gasteiger partial charge < -0.3 is 19.4 Å². The average molecular weight is 516 g/mol. The van der Waals surface area contributed by atoms with E-state index in [0.29, 0.717) is 37.9 Å². The zero-order valence-electron chi connectivity index (χ0n) is 20.3. The second kappa shape index (κ2) is 11.9. The number of ether oxygens (including phenoxy) is 2. The van der Waals surface area contributed by atoms with Gasteiger partial charge in [0.05, 0.1) is 37.2 Å². The summed E-state index contributed by atoms with van der Waals surface area (Å²) in [5.41, 5.74) is 4.42. The lowest BCUT2D eigenvalue weighted by Gasteiger charge is -2.28. The van der Waals surface area contributed by atoms with Crippen molar-refractivity contribution in [2.75, 3.05) is 54.8 Å². The van der Waals surface area contributed by atoms with Crippen molar-refractivity contribution in [3.05, 3.63) is 71.3 Å². The van der Waals surface area contributed by atoms with Crippen LogP contribution in [0.4, 0.5) is 30.5 Å². The van der Waals surface area contributed by atoms with Crippen LogP contribution in [0.15, 0.2) is 59.7 Å². The number of alkyl halides is 3. The number of aryl methyl sites for hydroxylation is 1. The molecule has 1 aromatic heterocycles. The Bertz CT molecular complexity index is 1220. The maximum Gasteiger partial charge on any atom is 0.416 e. The van der Waals surface area contributed by atoms with Gasteiger partial charge in [-0.3, -0.25) is 5.43 Å².